The predicted octanol–water partition coefficient (Wildman–Crippen LogP) is 16.1. The smallest absolute Gasteiger partial charge is 0.0541 e. The summed E-state index contributed by atoms with van der Waals surface area (Å²) in [4.78, 5) is 0. The van der Waals surface area contributed by atoms with Crippen molar-refractivity contribution in [2.45, 2.75) is 0 Å². The van der Waals surface area contributed by atoms with Crippen molar-refractivity contribution in [1.82, 2.24) is 4.57 Å². The molecule has 2 heteroatoms. The van der Waals surface area contributed by atoms with Gasteiger partial charge in [0.05, 0.1) is 11.0 Å². The van der Waals surface area contributed by atoms with E-state index in [1.54, 1.807) is 0 Å². The molecular formula is C56H35NS. The highest BCUT2D eigenvalue weighted by atomic mass is 32.1. The lowest BCUT2D eigenvalue weighted by Crippen LogP contribution is -1.94. The first-order chi connectivity index (χ1) is 28.8. The van der Waals surface area contributed by atoms with Crippen LogP contribution >= 0.6 is 11.3 Å². The van der Waals surface area contributed by atoms with Crippen molar-refractivity contribution in [3.05, 3.63) is 212 Å². The van der Waals surface area contributed by atoms with Crippen LogP contribution in [-0.2, 0) is 0 Å². The van der Waals surface area contributed by atoms with Gasteiger partial charge >= 0.3 is 0 Å². The molecule has 0 aliphatic heterocycles. The van der Waals surface area contributed by atoms with Crippen LogP contribution in [0.1, 0.15) is 0 Å². The molecule has 58 heavy (non-hydrogen) atoms. The summed E-state index contributed by atoms with van der Waals surface area (Å²) in [6.07, 6.45) is 0. The van der Waals surface area contributed by atoms with E-state index in [1.807, 2.05) is 11.3 Å². The average Bonchev–Trinajstić information content (AvgIpc) is 3.84. The van der Waals surface area contributed by atoms with Gasteiger partial charge in [-0.1, -0.05) is 176 Å². The molecule has 0 amide bonds. The Morgan fingerprint density at radius 1 is 0.293 bits per heavy atom. The van der Waals surface area contributed by atoms with Crippen LogP contribution in [0.4, 0.5) is 0 Å². The molecular weight excluding hydrogens is 719 g/mol. The maximum absolute atomic E-state index is 2.41. The number of hydrogen-bond acceptors (Lipinski definition) is 1. The number of aromatic nitrogens is 1. The molecule has 0 saturated carbocycles. The van der Waals surface area contributed by atoms with Gasteiger partial charge in [-0.25, -0.2) is 0 Å². The third-order valence-electron chi connectivity index (χ3n) is 12.0. The molecule has 270 valence electrons. The molecule has 0 aliphatic rings. The molecule has 12 aromatic rings. The van der Waals surface area contributed by atoms with Crippen molar-refractivity contribution < 1.29 is 0 Å². The highest BCUT2D eigenvalue weighted by molar-refractivity contribution is 7.26. The standard InChI is InChI=1S/C56H35NS/c1-2-13-38(14-3-1)54-45-17-4-6-19-47(45)55(48-20-7-5-18-46(48)54)39-27-25-36(26-28-39)37-29-32-41(33-30-37)57-51-23-10-8-15-43(51)50-35-40(31-34-52(50)57)42-21-12-22-49-44-16-9-11-24-53(44)58-56(42)49/h1-35H. The fourth-order valence-corrected chi connectivity index (χ4v) is 10.6. The Balaban J connectivity index is 0.925. The summed E-state index contributed by atoms with van der Waals surface area (Å²) >= 11 is 1.89. The second-order valence-corrected chi connectivity index (χ2v) is 16.2. The lowest BCUT2D eigenvalue weighted by atomic mass is 9.86. The van der Waals surface area contributed by atoms with Crippen LogP contribution in [0, 0.1) is 0 Å². The monoisotopic (exact) mass is 753 g/mol. The highest BCUT2D eigenvalue weighted by Crippen LogP contribution is 2.45. The predicted molar refractivity (Wildman–Crippen MR) is 250 cm³/mol. The fourth-order valence-electron chi connectivity index (χ4n) is 9.38. The quantitative estimate of drug-likeness (QED) is 0.154. The van der Waals surface area contributed by atoms with Crippen LogP contribution in [0.5, 0.6) is 0 Å². The Labute approximate surface area is 340 Å². The minimum Gasteiger partial charge on any atom is -0.309 e. The second kappa shape index (κ2) is 13.2. The van der Waals surface area contributed by atoms with Crippen LogP contribution in [0.2, 0.25) is 0 Å². The summed E-state index contributed by atoms with van der Waals surface area (Å²) in [7, 11) is 0. The third-order valence-corrected chi connectivity index (χ3v) is 13.2. The van der Waals surface area contributed by atoms with Gasteiger partial charge in [0.1, 0.15) is 0 Å². The topological polar surface area (TPSA) is 4.93 Å². The Hall–Kier alpha value is -7.26. The van der Waals surface area contributed by atoms with Gasteiger partial charge in [0.15, 0.2) is 0 Å². The highest BCUT2D eigenvalue weighted by Gasteiger charge is 2.18. The zero-order chi connectivity index (χ0) is 38.2. The molecule has 10 aromatic carbocycles. The SMILES string of the molecule is c1ccc(-c2c3ccccc3c(-c3ccc(-c4ccc(-n5c6ccccc6c6cc(-c7cccc8c7sc7ccccc78)ccc65)cc4)cc3)c3ccccc23)cc1. The molecule has 1 nitrogen and oxygen atoms in total. The molecule has 12 rings (SSSR count). The van der Waals surface area contributed by atoms with Gasteiger partial charge in [0, 0.05) is 36.6 Å². The first-order valence-corrected chi connectivity index (χ1v) is 20.7. The molecule has 2 aromatic heterocycles. The number of fused-ring (bicyclic) bond motifs is 8. The Morgan fingerprint density at radius 3 is 1.45 bits per heavy atom. The van der Waals surface area contributed by atoms with E-state index in [-0.39, 0.29) is 0 Å². The van der Waals surface area contributed by atoms with Gasteiger partial charge in [0.2, 0.25) is 0 Å². The van der Waals surface area contributed by atoms with Gasteiger partial charge < -0.3 is 4.57 Å². The molecule has 0 saturated heterocycles. The molecule has 0 N–H and O–H groups in total. The number of thiophene rings is 1. The van der Waals surface area contributed by atoms with Crippen molar-refractivity contribution >= 4 is 74.9 Å². The maximum Gasteiger partial charge on any atom is 0.0541 e. The van der Waals surface area contributed by atoms with Crippen molar-refractivity contribution in [3.63, 3.8) is 0 Å². The summed E-state index contributed by atoms with van der Waals surface area (Å²) in [5.41, 5.74) is 13.6. The van der Waals surface area contributed by atoms with Crippen LogP contribution in [0.3, 0.4) is 0 Å². The Bertz CT molecular complexity index is 3480. The number of hydrogen-bond donors (Lipinski definition) is 0. The molecule has 0 aliphatic carbocycles. The van der Waals surface area contributed by atoms with Crippen LogP contribution in [0.15, 0.2) is 212 Å². The first-order valence-electron chi connectivity index (χ1n) is 19.9. The van der Waals surface area contributed by atoms with E-state index in [1.165, 1.54) is 108 Å². The van der Waals surface area contributed by atoms with E-state index in [4.69, 9.17) is 0 Å². The van der Waals surface area contributed by atoms with Crippen molar-refractivity contribution in [3.8, 4) is 50.2 Å². The molecule has 0 radical (unpaired) electrons. The second-order valence-electron chi connectivity index (χ2n) is 15.2. The van der Waals surface area contributed by atoms with E-state index < -0.39 is 0 Å². The van der Waals surface area contributed by atoms with Crippen LogP contribution in [0.25, 0.3) is 114 Å². The normalized spacial score (nSPS) is 11.8. The number of nitrogens with zero attached hydrogens (tertiary/aromatic N) is 1. The first kappa shape index (κ1) is 32.9. The summed E-state index contributed by atoms with van der Waals surface area (Å²) in [5, 5.41) is 10.3. The number of rotatable bonds is 5. The summed E-state index contributed by atoms with van der Waals surface area (Å²) in [5.74, 6) is 0. The summed E-state index contributed by atoms with van der Waals surface area (Å²) in [6.45, 7) is 0. The third kappa shape index (κ3) is 5.09. The molecule has 2 heterocycles. The molecule has 0 fully saturated rings. The zero-order valence-electron chi connectivity index (χ0n) is 31.6. The van der Waals surface area contributed by atoms with Crippen molar-refractivity contribution in [2.75, 3.05) is 0 Å². The van der Waals surface area contributed by atoms with E-state index in [0.717, 1.165) is 5.69 Å². The van der Waals surface area contributed by atoms with Gasteiger partial charge in [-0.05, 0) is 102 Å². The summed E-state index contributed by atoms with van der Waals surface area (Å²) < 4.78 is 5.09. The Morgan fingerprint density at radius 2 is 0.776 bits per heavy atom. The minimum atomic E-state index is 1.15. The van der Waals surface area contributed by atoms with E-state index in [2.05, 4.69) is 217 Å². The lowest BCUT2D eigenvalue weighted by molar-refractivity contribution is 1.18. The van der Waals surface area contributed by atoms with Gasteiger partial charge in [-0.15, -0.1) is 11.3 Å². The van der Waals surface area contributed by atoms with E-state index >= 15 is 0 Å². The van der Waals surface area contributed by atoms with Gasteiger partial charge in [-0.3, -0.25) is 0 Å². The Kier molecular flexibility index (Phi) is 7.47. The van der Waals surface area contributed by atoms with Crippen molar-refractivity contribution in [2.24, 2.45) is 0 Å². The fraction of sp³-hybridized carbons (Fsp3) is 0. The molecule has 0 unspecified atom stereocenters. The van der Waals surface area contributed by atoms with E-state index in [0.29, 0.717) is 0 Å². The van der Waals surface area contributed by atoms with E-state index in [9.17, 15) is 0 Å². The van der Waals surface area contributed by atoms with Crippen molar-refractivity contribution in [1.29, 1.82) is 0 Å². The van der Waals surface area contributed by atoms with Crippen LogP contribution in [-0.4, -0.2) is 4.57 Å². The molecule has 0 bridgehead atoms. The van der Waals surface area contributed by atoms with Crippen LogP contribution < -0.4 is 0 Å². The number of benzene rings is 10. The minimum absolute atomic E-state index is 1.15. The largest absolute Gasteiger partial charge is 0.309 e. The molecule has 0 spiro atoms. The maximum atomic E-state index is 2.41. The zero-order valence-corrected chi connectivity index (χ0v) is 32.4. The van der Waals surface area contributed by atoms with Gasteiger partial charge in [0.25, 0.3) is 0 Å². The number of para-hydroxylation sites is 1. The lowest BCUT2D eigenvalue weighted by Gasteiger charge is -2.18. The average molecular weight is 754 g/mol. The summed E-state index contributed by atoms with van der Waals surface area (Å²) in [6, 6.07) is 78.0. The van der Waals surface area contributed by atoms with Gasteiger partial charge in [-0.2, -0.15) is 0 Å². The molecule has 0 atom stereocenters.